The van der Waals surface area contributed by atoms with Crippen molar-refractivity contribution in [2.45, 2.75) is 62.9 Å². The maximum absolute atomic E-state index is 12.9. The third-order valence-electron chi connectivity index (χ3n) is 7.20. The Morgan fingerprint density at radius 2 is 2.11 bits per heavy atom. The molecule has 37 heavy (non-hydrogen) atoms. The molecule has 8 nitrogen and oxygen atoms in total. The molecule has 1 aromatic carbocycles. The number of aromatic nitrogens is 3. The number of ether oxygens (including phenoxy) is 1. The number of fused-ring (bicyclic) bond motifs is 2. The van der Waals surface area contributed by atoms with Gasteiger partial charge in [0, 0.05) is 49.2 Å². The molecule has 1 aliphatic heterocycles. The minimum Gasteiger partial charge on any atom is -0.460 e. The molecule has 1 fully saturated rings. The van der Waals surface area contributed by atoms with E-state index in [9.17, 15) is 23.1 Å². The maximum Gasteiger partial charge on any atom is 0.422 e. The van der Waals surface area contributed by atoms with Crippen LogP contribution >= 0.6 is 11.3 Å². The van der Waals surface area contributed by atoms with Crippen LogP contribution in [0.1, 0.15) is 53.0 Å². The number of aliphatic hydroxyl groups is 1. The normalized spacial score (nSPS) is 22.7. The summed E-state index contributed by atoms with van der Waals surface area (Å²) in [5.41, 5.74) is 1.34. The van der Waals surface area contributed by atoms with Gasteiger partial charge in [0.05, 0.1) is 22.4 Å². The molecular formula is C25H30F3N5O3S. The van der Waals surface area contributed by atoms with Gasteiger partial charge < -0.3 is 15.2 Å². The molecule has 0 bridgehead atoms. The third-order valence-corrected chi connectivity index (χ3v) is 8.27. The number of carbonyl (C=O) groups is 1. The molecular weight excluding hydrogens is 507 g/mol. The van der Waals surface area contributed by atoms with Crippen molar-refractivity contribution in [1.82, 2.24) is 25.0 Å². The summed E-state index contributed by atoms with van der Waals surface area (Å²) in [5.74, 6) is -0.125. The van der Waals surface area contributed by atoms with Gasteiger partial charge >= 0.3 is 6.18 Å². The van der Waals surface area contributed by atoms with Gasteiger partial charge in [0.2, 0.25) is 0 Å². The summed E-state index contributed by atoms with van der Waals surface area (Å²) in [6.45, 7) is 0.640. The summed E-state index contributed by atoms with van der Waals surface area (Å²) >= 11 is 1.18. The van der Waals surface area contributed by atoms with E-state index in [1.807, 2.05) is 25.4 Å². The molecule has 12 heteroatoms. The molecule has 200 valence electrons. The summed E-state index contributed by atoms with van der Waals surface area (Å²) in [6, 6.07) is 5.51. The van der Waals surface area contributed by atoms with Gasteiger partial charge in [0.15, 0.2) is 6.61 Å². The van der Waals surface area contributed by atoms with Gasteiger partial charge in [-0.05, 0) is 50.7 Å². The van der Waals surface area contributed by atoms with E-state index in [1.165, 1.54) is 11.3 Å². The van der Waals surface area contributed by atoms with Crippen molar-refractivity contribution >= 4 is 28.1 Å². The molecule has 1 amide bonds. The molecule has 0 radical (unpaired) electrons. The van der Waals surface area contributed by atoms with Crippen LogP contribution < -0.4 is 10.1 Å². The first-order valence-corrected chi connectivity index (χ1v) is 13.2. The first-order chi connectivity index (χ1) is 17.6. The van der Waals surface area contributed by atoms with E-state index in [0.29, 0.717) is 57.2 Å². The number of carbonyl (C=O) groups excluding carboxylic acids is 1. The lowest BCUT2D eigenvalue weighted by molar-refractivity contribution is -0.153. The molecule has 2 N–H and O–H groups in total. The average molecular weight is 538 g/mol. The van der Waals surface area contributed by atoms with Crippen LogP contribution in [0.3, 0.4) is 0 Å². The van der Waals surface area contributed by atoms with Crippen molar-refractivity contribution in [2.75, 3.05) is 19.7 Å². The van der Waals surface area contributed by atoms with Crippen molar-refractivity contribution in [3.8, 4) is 5.19 Å². The summed E-state index contributed by atoms with van der Waals surface area (Å²) < 4.78 is 43.8. The summed E-state index contributed by atoms with van der Waals surface area (Å²) in [6.07, 6.45) is 1.35. The number of aryl methyl sites for hydroxylation is 1. The van der Waals surface area contributed by atoms with Crippen molar-refractivity contribution in [2.24, 2.45) is 7.05 Å². The highest BCUT2D eigenvalue weighted by atomic mass is 32.1. The average Bonchev–Trinajstić information content (AvgIpc) is 3.44. The predicted octanol–water partition coefficient (Wildman–Crippen LogP) is 3.82. The fourth-order valence-electron chi connectivity index (χ4n) is 5.16. The Labute approximate surface area is 216 Å². The van der Waals surface area contributed by atoms with E-state index in [1.54, 1.807) is 10.7 Å². The Balaban J connectivity index is 1.09. The fourth-order valence-corrected chi connectivity index (χ4v) is 6.07. The SMILES string of the molecule is Cn1cc2c(C(=O)N[C@H]3CC[C@](O)(CCN4CCc5sc(OCC(F)(F)F)nc5C4)CC3)cccc2n1. The van der Waals surface area contributed by atoms with Crippen molar-refractivity contribution in [3.63, 3.8) is 0 Å². The molecule has 1 saturated carbocycles. The Kier molecular flexibility index (Phi) is 7.16. The van der Waals surface area contributed by atoms with Crippen LogP contribution in [0.5, 0.6) is 5.19 Å². The monoisotopic (exact) mass is 537 g/mol. The van der Waals surface area contributed by atoms with Gasteiger partial charge in [0.1, 0.15) is 0 Å². The van der Waals surface area contributed by atoms with Gasteiger partial charge in [-0.2, -0.15) is 18.3 Å². The standard InChI is InChI=1S/C25H30F3N5O3S/c1-32-13-18-17(3-2-4-19(18)31-32)22(34)29-16-5-8-24(35,9-6-16)10-12-33-11-7-21-20(14-33)30-23(37-21)36-15-25(26,27)28/h2-4,13,16,35H,5-12,14-15H2,1H3,(H,29,34)/t16-,24+. The molecule has 2 aliphatic rings. The number of amides is 1. The minimum atomic E-state index is -4.39. The number of nitrogens with one attached hydrogen (secondary N) is 1. The zero-order chi connectivity index (χ0) is 26.2. The van der Waals surface area contributed by atoms with Crippen LogP contribution in [-0.2, 0) is 20.0 Å². The molecule has 0 unspecified atom stereocenters. The Hall–Kier alpha value is -2.70. The van der Waals surface area contributed by atoms with E-state index in [2.05, 4.69) is 20.3 Å². The number of halogens is 3. The zero-order valence-corrected chi connectivity index (χ0v) is 21.4. The largest absolute Gasteiger partial charge is 0.460 e. The molecule has 3 heterocycles. The second-order valence-corrected chi connectivity index (χ2v) is 11.1. The van der Waals surface area contributed by atoms with Crippen LogP contribution in [-0.4, -0.2) is 68.2 Å². The van der Waals surface area contributed by atoms with E-state index in [4.69, 9.17) is 4.74 Å². The quantitative estimate of drug-likeness (QED) is 0.476. The van der Waals surface area contributed by atoms with E-state index < -0.39 is 18.4 Å². The predicted molar refractivity (Wildman–Crippen MR) is 133 cm³/mol. The highest BCUT2D eigenvalue weighted by Gasteiger charge is 2.35. The Bertz CT molecular complexity index is 1270. The van der Waals surface area contributed by atoms with Gasteiger partial charge in [-0.1, -0.05) is 17.4 Å². The van der Waals surface area contributed by atoms with Gasteiger partial charge in [-0.3, -0.25) is 14.4 Å². The Morgan fingerprint density at radius 1 is 1.32 bits per heavy atom. The highest BCUT2D eigenvalue weighted by molar-refractivity contribution is 7.13. The molecule has 5 rings (SSSR count). The number of hydrogen-bond acceptors (Lipinski definition) is 7. The fraction of sp³-hybridized carbons (Fsp3) is 0.560. The van der Waals surface area contributed by atoms with Crippen LogP contribution in [0.4, 0.5) is 13.2 Å². The summed E-state index contributed by atoms with van der Waals surface area (Å²) in [7, 11) is 1.83. The van der Waals surface area contributed by atoms with Crippen molar-refractivity contribution < 1.29 is 27.8 Å². The molecule has 1 aliphatic carbocycles. The second-order valence-electron chi connectivity index (χ2n) is 10.0. The molecule has 0 atom stereocenters. The molecule has 0 spiro atoms. The number of rotatable bonds is 7. The molecule has 3 aromatic rings. The van der Waals surface area contributed by atoms with E-state index >= 15 is 0 Å². The highest BCUT2D eigenvalue weighted by Crippen LogP contribution is 2.34. The van der Waals surface area contributed by atoms with Gasteiger partial charge in [-0.25, -0.2) is 4.98 Å². The number of hydrogen-bond donors (Lipinski definition) is 2. The second kappa shape index (κ2) is 10.2. The molecule has 2 aromatic heterocycles. The lowest BCUT2D eigenvalue weighted by Crippen LogP contribution is -2.45. The lowest BCUT2D eigenvalue weighted by atomic mass is 9.80. The minimum absolute atomic E-state index is 0.00220. The van der Waals surface area contributed by atoms with Gasteiger partial charge in [0.25, 0.3) is 11.1 Å². The van der Waals surface area contributed by atoms with Crippen LogP contribution in [0.25, 0.3) is 10.9 Å². The van der Waals surface area contributed by atoms with E-state index in [-0.39, 0.29) is 17.1 Å². The summed E-state index contributed by atoms with van der Waals surface area (Å²) in [4.78, 5) is 20.3. The first-order valence-electron chi connectivity index (χ1n) is 12.4. The topological polar surface area (TPSA) is 92.5 Å². The number of nitrogens with zero attached hydrogens (tertiary/aromatic N) is 4. The van der Waals surface area contributed by atoms with Crippen LogP contribution in [0, 0.1) is 0 Å². The zero-order valence-electron chi connectivity index (χ0n) is 20.6. The maximum atomic E-state index is 12.9. The third kappa shape index (κ3) is 6.24. The van der Waals surface area contributed by atoms with Crippen LogP contribution in [0.15, 0.2) is 24.4 Å². The number of thiazole rings is 1. The smallest absolute Gasteiger partial charge is 0.422 e. The number of alkyl halides is 3. The molecule has 0 saturated heterocycles. The Morgan fingerprint density at radius 3 is 2.86 bits per heavy atom. The van der Waals surface area contributed by atoms with E-state index in [0.717, 1.165) is 28.0 Å². The number of benzene rings is 1. The van der Waals surface area contributed by atoms with Crippen LogP contribution in [0.2, 0.25) is 0 Å². The first kappa shape index (κ1) is 25.9. The summed E-state index contributed by atoms with van der Waals surface area (Å²) in [5, 5.41) is 19.5. The van der Waals surface area contributed by atoms with Crippen molar-refractivity contribution in [1.29, 1.82) is 0 Å². The lowest BCUT2D eigenvalue weighted by Gasteiger charge is -2.38. The van der Waals surface area contributed by atoms with Gasteiger partial charge in [-0.15, -0.1) is 0 Å². The van der Waals surface area contributed by atoms with Crippen molar-refractivity contribution in [3.05, 3.63) is 40.5 Å².